The molecule has 0 spiro atoms. The Bertz CT molecular complexity index is 330. The number of aryl methyl sites for hydroxylation is 1. The van der Waals surface area contributed by atoms with Crippen LogP contribution in [0.25, 0.3) is 0 Å². The van der Waals surface area contributed by atoms with Gasteiger partial charge in [0.2, 0.25) is 0 Å². The maximum Gasteiger partial charge on any atom is 0.0537 e. The van der Waals surface area contributed by atoms with Gasteiger partial charge in [-0.15, -0.1) is 0 Å². The summed E-state index contributed by atoms with van der Waals surface area (Å²) in [6, 6.07) is 1.25. The molecule has 1 unspecified atom stereocenters. The molecule has 2 rings (SSSR count). The smallest absolute Gasteiger partial charge is 0.0537 e. The first-order valence-corrected chi connectivity index (χ1v) is 6.09. The van der Waals surface area contributed by atoms with Crippen LogP contribution in [0.4, 0.5) is 0 Å². The van der Waals surface area contributed by atoms with Crippen molar-refractivity contribution in [3.63, 3.8) is 0 Å². The molecule has 1 aliphatic rings. The molecule has 1 aromatic heterocycles. The first-order valence-electron chi connectivity index (χ1n) is 6.09. The standard InChI is InChI=1S/C12H22N4/c1-10(11-8-14-16(3)9-11)13-6-7-15(2)12-4-5-12/h8-10,12-13H,4-7H2,1-3H3. The molecule has 4 nitrogen and oxygen atoms in total. The van der Waals surface area contributed by atoms with E-state index < -0.39 is 0 Å². The van der Waals surface area contributed by atoms with E-state index in [4.69, 9.17) is 0 Å². The Labute approximate surface area is 97.6 Å². The van der Waals surface area contributed by atoms with Crippen LogP contribution in [0.2, 0.25) is 0 Å². The third-order valence-electron chi connectivity index (χ3n) is 3.31. The number of nitrogens with zero attached hydrogens (tertiary/aromatic N) is 3. The van der Waals surface area contributed by atoms with Crippen LogP contribution >= 0.6 is 0 Å². The molecule has 0 bridgehead atoms. The van der Waals surface area contributed by atoms with E-state index in [0.717, 1.165) is 19.1 Å². The molecule has 1 fully saturated rings. The van der Waals surface area contributed by atoms with Crippen LogP contribution < -0.4 is 5.32 Å². The summed E-state index contributed by atoms with van der Waals surface area (Å²) >= 11 is 0. The molecule has 0 aliphatic heterocycles. The summed E-state index contributed by atoms with van der Waals surface area (Å²) in [4.78, 5) is 2.45. The fraction of sp³-hybridized carbons (Fsp3) is 0.750. The highest BCUT2D eigenvalue weighted by Gasteiger charge is 2.25. The Hall–Kier alpha value is -0.870. The Morgan fingerprint density at radius 1 is 1.62 bits per heavy atom. The molecule has 1 saturated carbocycles. The average Bonchev–Trinajstić information content (AvgIpc) is 3.01. The largest absolute Gasteiger partial charge is 0.309 e. The predicted octanol–water partition coefficient (Wildman–Crippen LogP) is 1.16. The quantitative estimate of drug-likeness (QED) is 0.784. The third-order valence-corrected chi connectivity index (χ3v) is 3.31. The third kappa shape index (κ3) is 3.06. The van der Waals surface area contributed by atoms with Crippen LogP contribution in [0.3, 0.4) is 0 Å². The number of hydrogen-bond donors (Lipinski definition) is 1. The van der Waals surface area contributed by atoms with Gasteiger partial charge in [-0.1, -0.05) is 0 Å². The fourth-order valence-corrected chi connectivity index (χ4v) is 1.94. The topological polar surface area (TPSA) is 33.1 Å². The lowest BCUT2D eigenvalue weighted by molar-refractivity contribution is 0.316. The average molecular weight is 222 g/mol. The molecule has 16 heavy (non-hydrogen) atoms. The minimum Gasteiger partial charge on any atom is -0.309 e. The summed E-state index contributed by atoms with van der Waals surface area (Å²) in [5.74, 6) is 0. The molecule has 4 heteroatoms. The molecular formula is C12H22N4. The monoisotopic (exact) mass is 222 g/mol. The normalized spacial score (nSPS) is 18.0. The lowest BCUT2D eigenvalue weighted by atomic mass is 10.2. The van der Waals surface area contributed by atoms with Gasteiger partial charge in [0.25, 0.3) is 0 Å². The van der Waals surface area contributed by atoms with Gasteiger partial charge in [0.15, 0.2) is 0 Å². The summed E-state index contributed by atoms with van der Waals surface area (Å²) < 4.78 is 1.85. The van der Waals surface area contributed by atoms with E-state index >= 15 is 0 Å². The predicted molar refractivity (Wildman–Crippen MR) is 65.3 cm³/mol. The lowest BCUT2D eigenvalue weighted by Crippen LogP contribution is -2.31. The zero-order valence-corrected chi connectivity index (χ0v) is 10.5. The molecular weight excluding hydrogens is 200 g/mol. The minimum atomic E-state index is 0.390. The van der Waals surface area contributed by atoms with Gasteiger partial charge < -0.3 is 10.2 Å². The van der Waals surface area contributed by atoms with E-state index in [-0.39, 0.29) is 0 Å². The van der Waals surface area contributed by atoms with Crippen molar-refractivity contribution in [1.82, 2.24) is 20.0 Å². The van der Waals surface area contributed by atoms with Gasteiger partial charge in [-0.25, -0.2) is 0 Å². The summed E-state index contributed by atoms with van der Waals surface area (Å²) in [5, 5.41) is 7.72. The van der Waals surface area contributed by atoms with Crippen molar-refractivity contribution in [2.75, 3.05) is 20.1 Å². The molecule has 90 valence electrons. The second-order valence-electron chi connectivity index (χ2n) is 4.83. The molecule has 1 aliphatic carbocycles. The van der Waals surface area contributed by atoms with E-state index in [1.54, 1.807) is 0 Å². The van der Waals surface area contributed by atoms with Crippen molar-refractivity contribution in [2.45, 2.75) is 31.8 Å². The van der Waals surface area contributed by atoms with Gasteiger partial charge in [-0.2, -0.15) is 5.10 Å². The molecule has 0 radical (unpaired) electrons. The summed E-state index contributed by atoms with van der Waals surface area (Å²) in [5.41, 5.74) is 1.26. The second-order valence-corrected chi connectivity index (χ2v) is 4.83. The number of nitrogens with one attached hydrogen (secondary N) is 1. The van der Waals surface area contributed by atoms with Gasteiger partial charge in [-0.3, -0.25) is 4.68 Å². The van der Waals surface area contributed by atoms with Crippen molar-refractivity contribution < 1.29 is 0 Å². The molecule has 1 N–H and O–H groups in total. The van der Waals surface area contributed by atoms with E-state index in [2.05, 4.69) is 35.5 Å². The molecule has 0 amide bonds. The Morgan fingerprint density at radius 3 is 2.94 bits per heavy atom. The maximum atomic E-state index is 4.19. The van der Waals surface area contributed by atoms with Gasteiger partial charge in [0.05, 0.1) is 6.20 Å². The number of hydrogen-bond acceptors (Lipinski definition) is 3. The van der Waals surface area contributed by atoms with Gasteiger partial charge >= 0.3 is 0 Å². The van der Waals surface area contributed by atoms with E-state index in [1.807, 2.05) is 17.9 Å². The Kier molecular flexibility index (Phi) is 3.61. The lowest BCUT2D eigenvalue weighted by Gasteiger charge is -2.18. The van der Waals surface area contributed by atoms with Crippen LogP contribution in [0.15, 0.2) is 12.4 Å². The van der Waals surface area contributed by atoms with Gasteiger partial charge in [0, 0.05) is 44.0 Å². The van der Waals surface area contributed by atoms with Gasteiger partial charge in [-0.05, 0) is 26.8 Å². The fourth-order valence-electron chi connectivity index (χ4n) is 1.94. The molecule has 0 saturated heterocycles. The van der Waals surface area contributed by atoms with Crippen molar-refractivity contribution in [3.8, 4) is 0 Å². The Morgan fingerprint density at radius 2 is 2.38 bits per heavy atom. The van der Waals surface area contributed by atoms with Gasteiger partial charge in [0.1, 0.15) is 0 Å². The molecule has 1 atom stereocenters. The van der Waals surface area contributed by atoms with Crippen molar-refractivity contribution in [3.05, 3.63) is 18.0 Å². The number of rotatable bonds is 6. The second kappa shape index (κ2) is 4.97. The van der Waals surface area contributed by atoms with Crippen molar-refractivity contribution in [2.24, 2.45) is 7.05 Å². The SMILES string of the molecule is CC(NCCN(C)C1CC1)c1cnn(C)c1. The highest BCUT2D eigenvalue weighted by atomic mass is 15.2. The number of aromatic nitrogens is 2. The van der Waals surface area contributed by atoms with Crippen LogP contribution in [-0.2, 0) is 7.05 Å². The Balaban J connectivity index is 1.69. The van der Waals surface area contributed by atoms with Crippen LogP contribution in [0.1, 0.15) is 31.4 Å². The summed E-state index contributed by atoms with van der Waals surface area (Å²) in [7, 11) is 4.17. The molecule has 1 aromatic rings. The van der Waals surface area contributed by atoms with E-state index in [0.29, 0.717) is 6.04 Å². The van der Waals surface area contributed by atoms with Crippen LogP contribution in [0, 0.1) is 0 Å². The zero-order valence-electron chi connectivity index (χ0n) is 10.5. The summed E-state index contributed by atoms with van der Waals surface area (Å²) in [6.45, 7) is 4.37. The zero-order chi connectivity index (χ0) is 11.5. The van der Waals surface area contributed by atoms with E-state index in [1.165, 1.54) is 18.4 Å². The first-order chi connectivity index (χ1) is 7.66. The highest BCUT2D eigenvalue weighted by molar-refractivity contribution is 5.08. The van der Waals surface area contributed by atoms with Crippen LogP contribution in [0.5, 0.6) is 0 Å². The number of likely N-dealkylation sites (N-methyl/N-ethyl adjacent to an activating group) is 1. The molecule has 0 aromatic carbocycles. The maximum absolute atomic E-state index is 4.19. The van der Waals surface area contributed by atoms with Crippen molar-refractivity contribution >= 4 is 0 Å². The van der Waals surface area contributed by atoms with E-state index in [9.17, 15) is 0 Å². The van der Waals surface area contributed by atoms with Crippen LogP contribution in [-0.4, -0.2) is 40.9 Å². The van der Waals surface area contributed by atoms with Crippen molar-refractivity contribution in [1.29, 1.82) is 0 Å². The first kappa shape index (κ1) is 11.6. The summed E-state index contributed by atoms with van der Waals surface area (Å²) in [6.07, 6.45) is 6.77. The minimum absolute atomic E-state index is 0.390. The molecule has 1 heterocycles. The highest BCUT2D eigenvalue weighted by Crippen LogP contribution is 2.24.